The third kappa shape index (κ3) is 4.26. The average Bonchev–Trinajstić information content (AvgIpc) is 3.36. The number of nitrogens with zero attached hydrogens (tertiary/aromatic N) is 2. The van der Waals surface area contributed by atoms with E-state index in [1.807, 2.05) is 49.6 Å². The van der Waals surface area contributed by atoms with E-state index in [2.05, 4.69) is 15.3 Å². The Morgan fingerprint density at radius 3 is 2.81 bits per heavy atom. The number of aryl methyl sites for hydroxylation is 2. The number of hydrogen-bond donors (Lipinski definition) is 1. The number of thiazole rings is 2. The lowest BCUT2D eigenvalue weighted by Crippen LogP contribution is -2.31. The van der Waals surface area contributed by atoms with Gasteiger partial charge in [0.1, 0.15) is 16.9 Å². The summed E-state index contributed by atoms with van der Waals surface area (Å²) in [5, 5.41) is 7.20. The number of carbonyl (C=O) groups is 1. The largest absolute Gasteiger partial charge is 0.489 e. The minimum atomic E-state index is -0.168. The van der Waals surface area contributed by atoms with Crippen LogP contribution in [0, 0.1) is 13.8 Å². The Bertz CT molecular complexity index is 936. The van der Waals surface area contributed by atoms with Crippen molar-refractivity contribution < 1.29 is 9.53 Å². The molecule has 0 saturated carbocycles. The number of hydrogen-bond acceptors (Lipinski definition) is 7. The van der Waals surface area contributed by atoms with Crippen molar-refractivity contribution >= 4 is 28.5 Å². The standard InChI is InChI=1S/C20H21N3O2S2/c1-12-20(27-13(2)22-12)17-11-26-19(23-17)9-18(24)16-8-15(10-21-16)25-14-6-4-3-5-7-14/h3-7,11,15-16,21H,8-10H2,1-2H3/t15-,16+/m1/s1. The van der Waals surface area contributed by atoms with Gasteiger partial charge in [-0.25, -0.2) is 9.97 Å². The predicted molar refractivity (Wildman–Crippen MR) is 109 cm³/mol. The minimum absolute atomic E-state index is 0.0241. The van der Waals surface area contributed by atoms with E-state index in [1.165, 1.54) is 0 Å². The van der Waals surface area contributed by atoms with Crippen molar-refractivity contribution in [2.45, 2.75) is 38.8 Å². The first-order valence-electron chi connectivity index (χ1n) is 8.95. The number of nitrogens with one attached hydrogen (secondary N) is 1. The van der Waals surface area contributed by atoms with Gasteiger partial charge in [0.15, 0.2) is 5.78 Å². The second-order valence-electron chi connectivity index (χ2n) is 6.67. The first-order chi connectivity index (χ1) is 13.1. The molecule has 0 amide bonds. The van der Waals surface area contributed by atoms with Crippen LogP contribution in [0.4, 0.5) is 0 Å². The highest BCUT2D eigenvalue weighted by Gasteiger charge is 2.31. The summed E-state index contributed by atoms with van der Waals surface area (Å²) in [6.45, 7) is 4.68. The molecule has 4 rings (SSSR count). The molecule has 3 heterocycles. The molecule has 7 heteroatoms. The van der Waals surface area contributed by atoms with Gasteiger partial charge in [-0.3, -0.25) is 4.79 Å². The molecule has 2 aromatic heterocycles. The smallest absolute Gasteiger partial charge is 0.156 e. The van der Waals surface area contributed by atoms with E-state index in [0.717, 1.165) is 32.0 Å². The van der Waals surface area contributed by atoms with E-state index in [0.29, 0.717) is 19.4 Å². The molecule has 1 fully saturated rings. The lowest BCUT2D eigenvalue weighted by molar-refractivity contribution is -0.120. The van der Waals surface area contributed by atoms with Gasteiger partial charge in [-0.1, -0.05) is 18.2 Å². The molecule has 0 radical (unpaired) electrons. The van der Waals surface area contributed by atoms with E-state index < -0.39 is 0 Å². The first-order valence-corrected chi connectivity index (χ1v) is 10.6. The number of ketones is 1. The molecule has 0 unspecified atom stereocenters. The quantitative estimate of drug-likeness (QED) is 0.683. The number of aromatic nitrogens is 2. The van der Waals surface area contributed by atoms with Crippen molar-refractivity contribution in [1.29, 1.82) is 0 Å². The molecule has 2 atom stereocenters. The predicted octanol–water partition coefficient (Wildman–Crippen LogP) is 3.80. The Hall–Kier alpha value is -2.09. The third-order valence-corrected chi connectivity index (χ3v) is 6.48. The normalized spacial score (nSPS) is 19.3. The number of ether oxygens (including phenoxy) is 1. The van der Waals surface area contributed by atoms with Crippen molar-refractivity contribution in [3.05, 3.63) is 51.4 Å². The lowest BCUT2D eigenvalue weighted by Gasteiger charge is -2.12. The van der Waals surface area contributed by atoms with Crippen molar-refractivity contribution in [2.75, 3.05) is 6.54 Å². The second-order valence-corrected chi connectivity index (χ2v) is 8.81. The van der Waals surface area contributed by atoms with Crippen LogP contribution in [0.25, 0.3) is 10.6 Å². The maximum Gasteiger partial charge on any atom is 0.156 e. The molecule has 1 aliphatic heterocycles. The fourth-order valence-corrected chi connectivity index (χ4v) is 5.02. The monoisotopic (exact) mass is 399 g/mol. The summed E-state index contributed by atoms with van der Waals surface area (Å²) in [5.74, 6) is 1.02. The number of para-hydroxylation sites is 1. The number of carbonyl (C=O) groups excluding carboxylic acids is 1. The van der Waals surface area contributed by atoms with Crippen LogP contribution < -0.4 is 10.1 Å². The number of benzene rings is 1. The van der Waals surface area contributed by atoms with Gasteiger partial charge >= 0.3 is 0 Å². The van der Waals surface area contributed by atoms with Crippen molar-refractivity contribution in [2.24, 2.45) is 0 Å². The zero-order valence-corrected chi connectivity index (χ0v) is 16.9. The van der Waals surface area contributed by atoms with E-state index in [4.69, 9.17) is 4.74 Å². The molecule has 140 valence electrons. The summed E-state index contributed by atoms with van der Waals surface area (Å²) in [5.41, 5.74) is 1.93. The van der Waals surface area contributed by atoms with Crippen molar-refractivity contribution in [3.8, 4) is 16.3 Å². The van der Waals surface area contributed by atoms with E-state index in [-0.39, 0.29) is 17.9 Å². The van der Waals surface area contributed by atoms with Gasteiger partial charge in [-0.2, -0.15) is 0 Å². The zero-order valence-electron chi connectivity index (χ0n) is 15.3. The summed E-state index contributed by atoms with van der Waals surface area (Å²) in [7, 11) is 0. The Morgan fingerprint density at radius 2 is 2.07 bits per heavy atom. The van der Waals surface area contributed by atoms with Crippen LogP contribution >= 0.6 is 22.7 Å². The van der Waals surface area contributed by atoms with E-state index >= 15 is 0 Å². The molecule has 0 bridgehead atoms. The van der Waals surface area contributed by atoms with Gasteiger partial charge in [0.05, 0.1) is 33.7 Å². The van der Waals surface area contributed by atoms with Gasteiger partial charge in [-0.05, 0) is 26.0 Å². The average molecular weight is 400 g/mol. The molecule has 1 aromatic carbocycles. The molecule has 1 saturated heterocycles. The Balaban J connectivity index is 1.35. The molecule has 1 aliphatic rings. The first kappa shape index (κ1) is 18.3. The molecular weight excluding hydrogens is 378 g/mol. The number of rotatable bonds is 6. The fraction of sp³-hybridized carbons (Fsp3) is 0.350. The van der Waals surface area contributed by atoms with Gasteiger partial charge in [0.2, 0.25) is 0 Å². The van der Waals surface area contributed by atoms with Gasteiger partial charge in [0, 0.05) is 18.3 Å². The van der Waals surface area contributed by atoms with Crippen LogP contribution in [-0.4, -0.2) is 34.4 Å². The molecule has 1 N–H and O–H groups in total. The molecule has 0 aliphatic carbocycles. The van der Waals surface area contributed by atoms with Crippen LogP contribution in [0.15, 0.2) is 35.7 Å². The SMILES string of the molecule is Cc1nc(C)c(-c2csc(CC(=O)[C@@H]3C[C@@H](Oc4ccccc4)CN3)n2)s1. The number of Topliss-reactive ketones (excluding diaryl/α,β-unsaturated/α-hetero) is 1. The molecule has 0 spiro atoms. The highest BCUT2D eigenvalue weighted by atomic mass is 32.1. The van der Waals surface area contributed by atoms with Gasteiger partial charge < -0.3 is 10.1 Å². The maximum absolute atomic E-state index is 12.7. The van der Waals surface area contributed by atoms with Gasteiger partial charge in [0.25, 0.3) is 0 Å². The highest BCUT2D eigenvalue weighted by molar-refractivity contribution is 7.16. The topological polar surface area (TPSA) is 64.1 Å². The maximum atomic E-state index is 12.7. The van der Waals surface area contributed by atoms with E-state index in [1.54, 1.807) is 22.7 Å². The van der Waals surface area contributed by atoms with Crippen LogP contribution in [-0.2, 0) is 11.2 Å². The van der Waals surface area contributed by atoms with Crippen LogP contribution in [0.3, 0.4) is 0 Å². The molecule has 27 heavy (non-hydrogen) atoms. The second kappa shape index (κ2) is 7.88. The Morgan fingerprint density at radius 1 is 1.26 bits per heavy atom. The van der Waals surface area contributed by atoms with Crippen molar-refractivity contribution in [3.63, 3.8) is 0 Å². The summed E-state index contributed by atoms with van der Waals surface area (Å²) >= 11 is 3.19. The zero-order chi connectivity index (χ0) is 18.8. The third-order valence-electron chi connectivity index (χ3n) is 4.54. The molecule has 5 nitrogen and oxygen atoms in total. The Labute approximate surface area is 166 Å². The van der Waals surface area contributed by atoms with Crippen LogP contribution in [0.1, 0.15) is 22.1 Å². The Kier molecular flexibility index (Phi) is 5.33. The van der Waals surface area contributed by atoms with Crippen molar-refractivity contribution in [1.82, 2.24) is 15.3 Å². The van der Waals surface area contributed by atoms with E-state index in [9.17, 15) is 4.79 Å². The lowest BCUT2D eigenvalue weighted by atomic mass is 10.1. The minimum Gasteiger partial charge on any atom is -0.489 e. The summed E-state index contributed by atoms with van der Waals surface area (Å²) < 4.78 is 5.95. The van der Waals surface area contributed by atoms with Gasteiger partial charge in [-0.15, -0.1) is 22.7 Å². The summed E-state index contributed by atoms with van der Waals surface area (Å²) in [4.78, 5) is 22.9. The summed E-state index contributed by atoms with van der Waals surface area (Å²) in [6, 6.07) is 9.58. The fourth-order valence-electron chi connectivity index (χ4n) is 3.27. The van der Waals surface area contributed by atoms with Crippen LogP contribution in [0.5, 0.6) is 5.75 Å². The molecular formula is C20H21N3O2S2. The van der Waals surface area contributed by atoms with Crippen LogP contribution in [0.2, 0.25) is 0 Å². The summed E-state index contributed by atoms with van der Waals surface area (Å²) in [6.07, 6.45) is 1.08. The molecule has 3 aromatic rings. The highest BCUT2D eigenvalue weighted by Crippen LogP contribution is 2.31.